The smallest absolute Gasteiger partial charge is 0.417 e. The molecule has 3 aromatic carbocycles. The Morgan fingerprint density at radius 3 is 1.71 bits per heavy atom. The summed E-state index contributed by atoms with van der Waals surface area (Å²) >= 11 is 0. The molecule has 0 aliphatic carbocycles. The van der Waals surface area contributed by atoms with Gasteiger partial charge in [0.1, 0.15) is 0 Å². The van der Waals surface area contributed by atoms with Crippen LogP contribution >= 0.6 is 0 Å². The monoisotopic (exact) mass is 596 g/mol. The second kappa shape index (κ2) is 12.3. The average Bonchev–Trinajstić information content (AvgIpc) is 2.91. The molecule has 0 fully saturated rings. The fourth-order valence-corrected chi connectivity index (χ4v) is 4.00. The summed E-state index contributed by atoms with van der Waals surface area (Å²) < 4.78 is 92.5. The van der Waals surface area contributed by atoms with Gasteiger partial charge < -0.3 is 20.5 Å². The lowest BCUT2D eigenvalue weighted by Crippen LogP contribution is -2.24. The predicted molar refractivity (Wildman–Crippen MR) is 137 cm³/mol. The van der Waals surface area contributed by atoms with Crippen LogP contribution in [0.2, 0.25) is 0 Å². The molecule has 0 unspecified atom stereocenters. The van der Waals surface area contributed by atoms with Crippen LogP contribution in [0, 0.1) is 0 Å². The van der Waals surface area contributed by atoms with E-state index < -0.39 is 86.3 Å². The van der Waals surface area contributed by atoms with Crippen LogP contribution in [-0.2, 0) is 21.8 Å². The maximum atomic E-state index is 14.0. The van der Waals surface area contributed by atoms with Crippen molar-refractivity contribution in [3.05, 3.63) is 88.0 Å². The van der Waals surface area contributed by atoms with Gasteiger partial charge in [-0.1, -0.05) is 24.3 Å². The van der Waals surface area contributed by atoms with E-state index in [0.717, 1.165) is 42.5 Å². The molecular weight excluding hydrogens is 574 g/mol. The van der Waals surface area contributed by atoms with Crippen LogP contribution in [-0.4, -0.2) is 37.0 Å². The minimum atomic E-state index is -5.15. The zero-order chi connectivity index (χ0) is 31.4. The lowest BCUT2D eigenvalue weighted by molar-refractivity contribution is -0.139. The predicted octanol–water partition coefficient (Wildman–Crippen LogP) is 6.10. The number of rotatable bonds is 8. The van der Waals surface area contributed by atoms with Gasteiger partial charge in [0.2, 0.25) is 5.91 Å². The fourth-order valence-electron chi connectivity index (χ4n) is 4.00. The van der Waals surface area contributed by atoms with E-state index in [0.29, 0.717) is 12.1 Å². The molecule has 2 amide bonds. The third-order valence-corrected chi connectivity index (χ3v) is 5.76. The largest absolute Gasteiger partial charge is 0.462 e. The number of benzene rings is 3. The number of carbonyl (C=O) groups excluding carboxylic acids is 4. The number of esters is 2. The average molecular weight is 596 g/mol. The summed E-state index contributed by atoms with van der Waals surface area (Å²) in [5.74, 6) is -4.56. The number of nitrogens with two attached hydrogens (primary N) is 1. The number of hydrogen-bond acceptors (Lipinski definition) is 6. The van der Waals surface area contributed by atoms with Crippen molar-refractivity contribution in [3.63, 3.8) is 0 Å². The van der Waals surface area contributed by atoms with Crippen molar-refractivity contribution in [1.29, 1.82) is 0 Å². The minimum absolute atomic E-state index is 0.137. The van der Waals surface area contributed by atoms with E-state index >= 15 is 0 Å². The number of ether oxygens (including phenoxy) is 2. The highest BCUT2D eigenvalue weighted by atomic mass is 19.4. The van der Waals surface area contributed by atoms with Gasteiger partial charge in [-0.25, -0.2) is 9.59 Å². The number of anilines is 1. The van der Waals surface area contributed by atoms with Crippen LogP contribution in [0.5, 0.6) is 0 Å². The Labute approximate surface area is 234 Å². The molecule has 0 atom stereocenters. The van der Waals surface area contributed by atoms with E-state index in [1.807, 2.05) is 0 Å². The molecule has 0 aromatic heterocycles. The third kappa shape index (κ3) is 6.87. The molecule has 0 aliphatic heterocycles. The highest BCUT2D eigenvalue weighted by molar-refractivity contribution is 6.15. The Kier molecular flexibility index (Phi) is 9.29. The zero-order valence-electron chi connectivity index (χ0n) is 21.9. The number of hydrogen-bond donors (Lipinski definition) is 2. The van der Waals surface area contributed by atoms with E-state index in [-0.39, 0.29) is 13.2 Å². The van der Waals surface area contributed by atoms with Gasteiger partial charge in [-0.3, -0.25) is 9.59 Å². The first-order chi connectivity index (χ1) is 19.6. The Balaban J connectivity index is 2.16. The molecule has 0 spiro atoms. The van der Waals surface area contributed by atoms with Crippen molar-refractivity contribution >= 4 is 29.4 Å². The molecule has 0 aliphatic rings. The molecule has 0 saturated carbocycles. The van der Waals surface area contributed by atoms with Crippen LogP contribution in [0.15, 0.2) is 54.6 Å². The van der Waals surface area contributed by atoms with Gasteiger partial charge in [0, 0.05) is 5.69 Å². The summed E-state index contributed by atoms with van der Waals surface area (Å²) in [6.07, 6.45) is -10.1. The second-order valence-corrected chi connectivity index (χ2v) is 8.50. The maximum Gasteiger partial charge on any atom is 0.417 e. The fraction of sp³-hybridized carbons (Fsp3) is 0.214. The van der Waals surface area contributed by atoms with Crippen LogP contribution in [0.4, 0.5) is 32.0 Å². The highest BCUT2D eigenvalue weighted by Crippen LogP contribution is 2.43. The van der Waals surface area contributed by atoms with Crippen molar-refractivity contribution in [2.75, 3.05) is 18.5 Å². The van der Waals surface area contributed by atoms with Crippen LogP contribution in [0.3, 0.4) is 0 Å². The molecule has 222 valence electrons. The molecule has 3 rings (SSSR count). The number of alkyl halides is 6. The summed E-state index contributed by atoms with van der Waals surface area (Å²) in [5, 5.41) is 2.14. The topological polar surface area (TPSA) is 125 Å². The van der Waals surface area contributed by atoms with Crippen molar-refractivity contribution < 1.29 is 55.0 Å². The Morgan fingerprint density at radius 2 is 1.19 bits per heavy atom. The molecule has 3 N–H and O–H groups in total. The molecule has 0 saturated heterocycles. The van der Waals surface area contributed by atoms with E-state index in [4.69, 9.17) is 15.2 Å². The Hall–Kier alpha value is -4.88. The molecule has 3 aromatic rings. The van der Waals surface area contributed by atoms with Gasteiger partial charge in [0.15, 0.2) is 0 Å². The van der Waals surface area contributed by atoms with Gasteiger partial charge in [0.25, 0.3) is 5.91 Å². The number of primary amides is 1. The summed E-state index contributed by atoms with van der Waals surface area (Å²) in [6.45, 7) is 2.59. The minimum Gasteiger partial charge on any atom is -0.462 e. The van der Waals surface area contributed by atoms with Crippen LogP contribution < -0.4 is 11.1 Å². The van der Waals surface area contributed by atoms with Gasteiger partial charge in [-0.15, -0.1) is 0 Å². The van der Waals surface area contributed by atoms with Gasteiger partial charge in [-0.2, -0.15) is 26.3 Å². The summed E-state index contributed by atoms with van der Waals surface area (Å²) in [6, 6.07) is 7.44. The van der Waals surface area contributed by atoms with Crippen molar-refractivity contribution in [2.45, 2.75) is 26.2 Å². The van der Waals surface area contributed by atoms with E-state index in [1.54, 1.807) is 0 Å². The molecule has 0 radical (unpaired) electrons. The third-order valence-electron chi connectivity index (χ3n) is 5.76. The van der Waals surface area contributed by atoms with Crippen LogP contribution in [0.25, 0.3) is 11.1 Å². The Bertz CT molecular complexity index is 1550. The molecule has 8 nitrogen and oxygen atoms in total. The highest BCUT2D eigenvalue weighted by Gasteiger charge is 2.38. The quantitative estimate of drug-likeness (QED) is 0.239. The van der Waals surface area contributed by atoms with Gasteiger partial charge in [0.05, 0.1) is 46.6 Å². The van der Waals surface area contributed by atoms with Gasteiger partial charge in [-0.05, 0) is 55.3 Å². The number of nitrogens with one attached hydrogen (secondary N) is 1. The van der Waals surface area contributed by atoms with E-state index in [2.05, 4.69) is 5.32 Å². The van der Waals surface area contributed by atoms with E-state index in [1.165, 1.54) is 13.8 Å². The van der Waals surface area contributed by atoms with Gasteiger partial charge >= 0.3 is 24.3 Å². The number of carbonyl (C=O) groups is 4. The first-order valence-corrected chi connectivity index (χ1v) is 12.1. The standard InChI is InChI=1S/C28H22F6N2O6/c1-3-41-25(39)19-13-18(20(26(40)42-4-2)12-17(19)23(35)37)24(38)36-14-9-10-16(22(11-14)28(32,33)34)15-7-5-6-8-21(15)27(29,30)31/h5-13H,3-4H2,1-2H3,(H2,35,37)(H,36,38). The summed E-state index contributed by atoms with van der Waals surface area (Å²) in [7, 11) is 0. The summed E-state index contributed by atoms with van der Waals surface area (Å²) in [4.78, 5) is 50.3. The second-order valence-electron chi connectivity index (χ2n) is 8.50. The Morgan fingerprint density at radius 1 is 0.690 bits per heavy atom. The van der Waals surface area contributed by atoms with E-state index in [9.17, 15) is 45.5 Å². The molecular formula is C28H22F6N2O6. The molecule has 0 bridgehead atoms. The van der Waals surface area contributed by atoms with Crippen molar-refractivity contribution in [2.24, 2.45) is 5.73 Å². The van der Waals surface area contributed by atoms with Crippen molar-refractivity contribution in [1.82, 2.24) is 0 Å². The lowest BCUT2D eigenvalue weighted by Gasteiger charge is -2.19. The normalized spacial score (nSPS) is 11.5. The number of halogens is 6. The molecule has 0 heterocycles. The van der Waals surface area contributed by atoms with Crippen LogP contribution in [0.1, 0.15) is 66.4 Å². The zero-order valence-corrected chi connectivity index (χ0v) is 21.9. The SMILES string of the molecule is CCOC(=O)c1cc(C(=O)Nc2ccc(-c3ccccc3C(F)(F)F)c(C(F)(F)F)c2)c(C(=O)OCC)cc1C(N)=O. The lowest BCUT2D eigenvalue weighted by atomic mass is 9.94. The first-order valence-electron chi connectivity index (χ1n) is 12.1. The first kappa shape index (κ1) is 31.6. The summed E-state index contributed by atoms with van der Waals surface area (Å²) in [5.41, 5.74) is -1.61. The van der Waals surface area contributed by atoms with Crippen molar-refractivity contribution in [3.8, 4) is 11.1 Å². The molecule has 42 heavy (non-hydrogen) atoms. The molecule has 14 heteroatoms. The number of amides is 2. The maximum absolute atomic E-state index is 14.0.